The summed E-state index contributed by atoms with van der Waals surface area (Å²) < 4.78 is 0. The molecular weight excluding hydrogens is 360 g/mol. The fraction of sp³-hybridized carbons (Fsp3) is 0.760. The molecule has 0 heterocycles. The van der Waals surface area contributed by atoms with Crippen molar-refractivity contribution >= 4 is 5.69 Å². The first-order chi connectivity index (χ1) is 14.1. The van der Waals surface area contributed by atoms with Gasteiger partial charge in [-0.25, -0.2) is 0 Å². The van der Waals surface area contributed by atoms with Gasteiger partial charge in [-0.05, 0) is 43.0 Å². The molecule has 1 aromatic rings. The minimum absolute atomic E-state index is 0.0692. The molecule has 3 atom stereocenters. The SMILES string of the molecule is CCCCCCCCNc1ccc(C(O)CC(O)[C@H](CN)CCCCCC)cc1. The molecule has 5 N–H and O–H groups in total. The fourth-order valence-electron chi connectivity index (χ4n) is 3.82. The molecule has 29 heavy (non-hydrogen) atoms. The number of anilines is 1. The van der Waals surface area contributed by atoms with Crippen molar-refractivity contribution in [3.05, 3.63) is 29.8 Å². The van der Waals surface area contributed by atoms with Crippen LogP contribution in [-0.4, -0.2) is 29.4 Å². The van der Waals surface area contributed by atoms with Crippen molar-refractivity contribution in [3.63, 3.8) is 0 Å². The molecule has 0 spiro atoms. The molecule has 1 rings (SSSR count). The van der Waals surface area contributed by atoms with Crippen LogP contribution in [0.2, 0.25) is 0 Å². The summed E-state index contributed by atoms with van der Waals surface area (Å²) in [7, 11) is 0. The number of unbranched alkanes of at least 4 members (excludes halogenated alkanes) is 8. The van der Waals surface area contributed by atoms with E-state index in [-0.39, 0.29) is 5.92 Å². The minimum atomic E-state index is -0.651. The third-order valence-corrected chi connectivity index (χ3v) is 5.90. The van der Waals surface area contributed by atoms with Gasteiger partial charge in [-0.2, -0.15) is 0 Å². The molecule has 0 aliphatic carbocycles. The molecule has 0 aliphatic rings. The Morgan fingerprint density at radius 1 is 0.828 bits per heavy atom. The molecule has 168 valence electrons. The summed E-state index contributed by atoms with van der Waals surface area (Å²) in [6.45, 7) is 5.90. The van der Waals surface area contributed by atoms with E-state index in [4.69, 9.17) is 5.73 Å². The van der Waals surface area contributed by atoms with Gasteiger partial charge in [0.05, 0.1) is 12.2 Å². The van der Waals surface area contributed by atoms with E-state index >= 15 is 0 Å². The Bertz CT molecular complexity index is 492. The van der Waals surface area contributed by atoms with Crippen molar-refractivity contribution in [2.75, 3.05) is 18.4 Å². The van der Waals surface area contributed by atoms with Crippen molar-refractivity contribution in [2.45, 2.75) is 103 Å². The highest BCUT2D eigenvalue weighted by Gasteiger charge is 2.21. The molecule has 0 radical (unpaired) electrons. The average Bonchev–Trinajstić information content (AvgIpc) is 2.73. The molecule has 4 heteroatoms. The number of benzene rings is 1. The van der Waals surface area contributed by atoms with Gasteiger partial charge in [0.15, 0.2) is 0 Å². The maximum Gasteiger partial charge on any atom is 0.0814 e. The summed E-state index contributed by atoms with van der Waals surface area (Å²) in [5, 5.41) is 24.5. The number of rotatable bonds is 18. The van der Waals surface area contributed by atoms with Crippen molar-refractivity contribution < 1.29 is 10.2 Å². The zero-order chi connectivity index (χ0) is 21.3. The average molecular weight is 407 g/mol. The molecule has 0 bridgehead atoms. The number of nitrogens with one attached hydrogen (secondary N) is 1. The maximum absolute atomic E-state index is 10.5. The Balaban J connectivity index is 2.33. The normalized spacial score (nSPS) is 14.5. The summed E-state index contributed by atoms with van der Waals surface area (Å²) in [6.07, 6.45) is 12.6. The first-order valence-electron chi connectivity index (χ1n) is 12.0. The lowest BCUT2D eigenvalue weighted by molar-refractivity contribution is 0.0418. The first kappa shape index (κ1) is 25.9. The minimum Gasteiger partial charge on any atom is -0.393 e. The van der Waals surface area contributed by atoms with Crippen LogP contribution in [-0.2, 0) is 0 Å². The fourth-order valence-corrected chi connectivity index (χ4v) is 3.82. The van der Waals surface area contributed by atoms with Gasteiger partial charge in [-0.1, -0.05) is 83.8 Å². The maximum atomic E-state index is 10.5. The zero-order valence-corrected chi connectivity index (χ0v) is 18.9. The van der Waals surface area contributed by atoms with Crippen molar-refractivity contribution in [2.24, 2.45) is 11.7 Å². The van der Waals surface area contributed by atoms with E-state index < -0.39 is 12.2 Å². The van der Waals surface area contributed by atoms with Crippen LogP contribution in [0.15, 0.2) is 24.3 Å². The Kier molecular flexibility index (Phi) is 14.9. The van der Waals surface area contributed by atoms with E-state index in [1.807, 2.05) is 24.3 Å². The summed E-state index contributed by atoms with van der Waals surface area (Å²) >= 11 is 0. The molecule has 0 aromatic heterocycles. The molecule has 0 saturated carbocycles. The van der Waals surface area contributed by atoms with Gasteiger partial charge in [0, 0.05) is 18.7 Å². The molecule has 2 unspecified atom stereocenters. The summed E-state index contributed by atoms with van der Waals surface area (Å²) in [4.78, 5) is 0. The Hall–Kier alpha value is -1.10. The number of aliphatic hydroxyl groups excluding tert-OH is 2. The summed E-state index contributed by atoms with van der Waals surface area (Å²) in [6, 6.07) is 7.96. The quantitative estimate of drug-likeness (QED) is 0.233. The molecule has 4 nitrogen and oxygen atoms in total. The molecule has 0 amide bonds. The van der Waals surface area contributed by atoms with Crippen LogP contribution in [0.5, 0.6) is 0 Å². The highest BCUT2D eigenvalue weighted by molar-refractivity contribution is 5.44. The number of hydrogen-bond donors (Lipinski definition) is 4. The van der Waals surface area contributed by atoms with Gasteiger partial charge in [-0.3, -0.25) is 0 Å². The van der Waals surface area contributed by atoms with Crippen LogP contribution < -0.4 is 11.1 Å². The second-order valence-corrected chi connectivity index (χ2v) is 8.48. The Morgan fingerprint density at radius 2 is 1.41 bits per heavy atom. The van der Waals surface area contributed by atoms with Crippen molar-refractivity contribution in [1.82, 2.24) is 0 Å². The highest BCUT2D eigenvalue weighted by atomic mass is 16.3. The monoisotopic (exact) mass is 406 g/mol. The lowest BCUT2D eigenvalue weighted by Crippen LogP contribution is -2.29. The van der Waals surface area contributed by atoms with E-state index in [0.29, 0.717) is 13.0 Å². The van der Waals surface area contributed by atoms with Gasteiger partial charge >= 0.3 is 0 Å². The zero-order valence-electron chi connectivity index (χ0n) is 18.9. The van der Waals surface area contributed by atoms with E-state index in [1.54, 1.807) is 0 Å². The van der Waals surface area contributed by atoms with Gasteiger partial charge in [0.25, 0.3) is 0 Å². The van der Waals surface area contributed by atoms with Crippen LogP contribution in [0.25, 0.3) is 0 Å². The van der Waals surface area contributed by atoms with Crippen molar-refractivity contribution in [1.29, 1.82) is 0 Å². The van der Waals surface area contributed by atoms with E-state index in [9.17, 15) is 10.2 Å². The van der Waals surface area contributed by atoms with E-state index in [0.717, 1.165) is 30.6 Å². The number of aliphatic hydroxyl groups is 2. The van der Waals surface area contributed by atoms with Gasteiger partial charge in [0.1, 0.15) is 0 Å². The largest absolute Gasteiger partial charge is 0.393 e. The topological polar surface area (TPSA) is 78.5 Å². The second-order valence-electron chi connectivity index (χ2n) is 8.48. The van der Waals surface area contributed by atoms with Crippen molar-refractivity contribution in [3.8, 4) is 0 Å². The van der Waals surface area contributed by atoms with E-state index in [1.165, 1.54) is 57.8 Å². The summed E-state index contributed by atoms with van der Waals surface area (Å²) in [5.41, 5.74) is 7.81. The molecule has 0 saturated heterocycles. The molecule has 0 fully saturated rings. The molecule has 0 aliphatic heterocycles. The standard InChI is InChI=1S/C25H46N2O2/c1-3-5-7-9-10-12-18-27-23-16-14-21(15-17-23)24(28)19-25(29)22(20-26)13-11-8-6-4-2/h14-17,22,24-25,27-29H,3-13,18-20,26H2,1-2H3/t22-,24?,25?/m0/s1. The Labute approximate surface area is 179 Å². The predicted octanol–water partition coefficient (Wildman–Crippen LogP) is 5.79. The van der Waals surface area contributed by atoms with Gasteiger partial charge in [-0.15, -0.1) is 0 Å². The van der Waals surface area contributed by atoms with Gasteiger partial charge < -0.3 is 21.3 Å². The van der Waals surface area contributed by atoms with Crippen LogP contribution in [0.1, 0.15) is 103 Å². The van der Waals surface area contributed by atoms with Crippen LogP contribution in [0, 0.1) is 5.92 Å². The van der Waals surface area contributed by atoms with Crippen LogP contribution in [0.4, 0.5) is 5.69 Å². The van der Waals surface area contributed by atoms with Crippen LogP contribution >= 0.6 is 0 Å². The van der Waals surface area contributed by atoms with Gasteiger partial charge in [0.2, 0.25) is 0 Å². The van der Waals surface area contributed by atoms with Crippen LogP contribution in [0.3, 0.4) is 0 Å². The Morgan fingerprint density at radius 3 is 2.03 bits per heavy atom. The number of nitrogens with two attached hydrogens (primary N) is 1. The third-order valence-electron chi connectivity index (χ3n) is 5.90. The smallest absolute Gasteiger partial charge is 0.0814 e. The lowest BCUT2D eigenvalue weighted by Gasteiger charge is -2.24. The first-order valence-corrected chi connectivity index (χ1v) is 12.0. The van der Waals surface area contributed by atoms with E-state index in [2.05, 4.69) is 19.2 Å². The molecule has 1 aromatic carbocycles. The number of hydrogen-bond acceptors (Lipinski definition) is 4. The predicted molar refractivity (Wildman–Crippen MR) is 125 cm³/mol. The molecular formula is C25H46N2O2. The third kappa shape index (κ3) is 11.6. The second kappa shape index (κ2) is 16.7. The lowest BCUT2D eigenvalue weighted by atomic mass is 9.90. The summed E-state index contributed by atoms with van der Waals surface area (Å²) in [5.74, 6) is 0.0692. The highest BCUT2D eigenvalue weighted by Crippen LogP contribution is 2.25.